The maximum Gasteiger partial charge on any atom is 0.0468 e. The number of anilines is 6. The molecule has 0 atom stereocenters. The Morgan fingerprint density at radius 3 is 0.750 bits per heavy atom. The van der Waals surface area contributed by atoms with Crippen molar-refractivity contribution in [1.82, 2.24) is 0 Å². The van der Waals surface area contributed by atoms with Crippen molar-refractivity contribution >= 4 is 69.2 Å². The summed E-state index contributed by atoms with van der Waals surface area (Å²) < 4.78 is 0. The van der Waals surface area contributed by atoms with Gasteiger partial charge in [0.2, 0.25) is 0 Å². The second-order valence-electron chi connectivity index (χ2n) is 14.7. The van der Waals surface area contributed by atoms with Crippen LogP contribution in [0.2, 0.25) is 0 Å². The molecule has 0 radical (unpaired) electrons. The van der Waals surface area contributed by atoms with Crippen LogP contribution in [0, 0.1) is 27.7 Å². The van der Waals surface area contributed by atoms with E-state index in [9.17, 15) is 0 Å². The quantitative estimate of drug-likeness (QED) is 0.130. The predicted molar refractivity (Wildman–Crippen MR) is 243 cm³/mol. The van der Waals surface area contributed by atoms with E-state index in [1.807, 2.05) is 0 Å². The number of benzene rings is 8. The summed E-state index contributed by atoms with van der Waals surface area (Å²) in [7, 11) is 0. The zero-order chi connectivity index (χ0) is 38.4. The molecule has 2 nitrogen and oxygen atoms in total. The SMILES string of the molecule is Cc1ccc(C=Cc2ccc(N(c3ccc(C)cc3)c3ccc4cc(N(c5ccc(C)cc5)c5ccc(C=Cc6ccc(C)cc6)cc5)ccc4c3)cc2)cc1. The molecule has 0 aliphatic rings. The van der Waals surface area contributed by atoms with E-state index in [1.165, 1.54) is 44.2 Å². The van der Waals surface area contributed by atoms with Crippen molar-refractivity contribution in [2.75, 3.05) is 9.80 Å². The smallest absolute Gasteiger partial charge is 0.0468 e. The molecule has 0 aliphatic heterocycles. The lowest BCUT2D eigenvalue weighted by molar-refractivity contribution is 1.27. The van der Waals surface area contributed by atoms with E-state index in [2.05, 4.69) is 244 Å². The van der Waals surface area contributed by atoms with Gasteiger partial charge in [0, 0.05) is 34.1 Å². The molecule has 0 aromatic heterocycles. The van der Waals surface area contributed by atoms with Crippen LogP contribution >= 0.6 is 0 Å². The maximum absolute atomic E-state index is 2.34. The standard InChI is InChI=1S/C54H46N2/c1-39-5-13-43(14-6-39)17-19-45-21-31-51(32-22-45)55(49-27-9-41(3)10-28-49)53-35-25-48-38-54(36-26-47(48)37-53)56(50-29-11-42(4)12-30-50)52-33-23-46(24-34-52)20-18-44-15-7-40(2)8-16-44/h5-38H,1-4H3. The van der Waals surface area contributed by atoms with Gasteiger partial charge >= 0.3 is 0 Å². The number of nitrogens with zero attached hydrogens (tertiary/aromatic N) is 2. The van der Waals surface area contributed by atoms with E-state index in [4.69, 9.17) is 0 Å². The molecule has 0 unspecified atom stereocenters. The van der Waals surface area contributed by atoms with Crippen molar-refractivity contribution in [2.45, 2.75) is 27.7 Å². The number of hydrogen-bond donors (Lipinski definition) is 0. The van der Waals surface area contributed by atoms with Gasteiger partial charge in [-0.15, -0.1) is 0 Å². The molecule has 8 rings (SSSR count). The van der Waals surface area contributed by atoms with Crippen LogP contribution in [0.4, 0.5) is 34.1 Å². The second-order valence-corrected chi connectivity index (χ2v) is 14.7. The van der Waals surface area contributed by atoms with Crippen molar-refractivity contribution in [3.8, 4) is 0 Å². The van der Waals surface area contributed by atoms with Crippen molar-refractivity contribution in [1.29, 1.82) is 0 Å². The summed E-state index contributed by atoms with van der Waals surface area (Å²) in [4.78, 5) is 4.68. The van der Waals surface area contributed by atoms with Gasteiger partial charge in [0.05, 0.1) is 0 Å². The molecule has 8 aromatic rings. The summed E-state index contributed by atoms with van der Waals surface area (Å²) in [6, 6.07) is 66.0. The Labute approximate surface area is 332 Å². The van der Waals surface area contributed by atoms with E-state index in [0.29, 0.717) is 0 Å². The van der Waals surface area contributed by atoms with E-state index in [-0.39, 0.29) is 0 Å². The zero-order valence-corrected chi connectivity index (χ0v) is 32.5. The Morgan fingerprint density at radius 2 is 0.464 bits per heavy atom. The summed E-state index contributed by atoms with van der Waals surface area (Å²) in [5, 5.41) is 2.36. The van der Waals surface area contributed by atoms with Crippen LogP contribution in [0.1, 0.15) is 44.5 Å². The monoisotopic (exact) mass is 722 g/mol. The molecule has 2 heteroatoms. The van der Waals surface area contributed by atoms with Crippen molar-refractivity contribution < 1.29 is 0 Å². The van der Waals surface area contributed by atoms with Crippen LogP contribution in [0.25, 0.3) is 35.1 Å². The van der Waals surface area contributed by atoms with Crippen molar-refractivity contribution in [2.24, 2.45) is 0 Å². The van der Waals surface area contributed by atoms with E-state index >= 15 is 0 Å². The van der Waals surface area contributed by atoms with Crippen LogP contribution in [0.5, 0.6) is 0 Å². The Balaban J connectivity index is 1.11. The Hall–Kier alpha value is -6.90. The number of aryl methyl sites for hydroxylation is 4. The van der Waals surface area contributed by atoms with Crippen LogP contribution < -0.4 is 9.80 Å². The van der Waals surface area contributed by atoms with Gasteiger partial charge in [-0.1, -0.05) is 156 Å². The molecule has 0 bridgehead atoms. The molecule has 272 valence electrons. The summed E-state index contributed by atoms with van der Waals surface area (Å²) in [5.74, 6) is 0. The normalized spacial score (nSPS) is 11.4. The molecule has 0 aliphatic carbocycles. The van der Waals surface area contributed by atoms with Gasteiger partial charge in [-0.2, -0.15) is 0 Å². The van der Waals surface area contributed by atoms with Gasteiger partial charge in [-0.05, 0) is 134 Å². The molecule has 0 heterocycles. The highest BCUT2D eigenvalue weighted by Gasteiger charge is 2.16. The molecule has 0 spiro atoms. The number of fused-ring (bicyclic) bond motifs is 1. The first-order valence-corrected chi connectivity index (χ1v) is 19.3. The summed E-state index contributed by atoms with van der Waals surface area (Å²) in [6.07, 6.45) is 8.69. The number of rotatable bonds is 10. The highest BCUT2D eigenvalue weighted by Crippen LogP contribution is 2.40. The van der Waals surface area contributed by atoms with Crippen LogP contribution in [0.3, 0.4) is 0 Å². The fourth-order valence-electron chi connectivity index (χ4n) is 6.99. The average Bonchev–Trinajstić information content (AvgIpc) is 3.23. The third kappa shape index (κ3) is 8.41. The first-order chi connectivity index (χ1) is 27.3. The summed E-state index contributed by atoms with van der Waals surface area (Å²) >= 11 is 0. The molecule has 0 saturated heterocycles. The van der Waals surface area contributed by atoms with Gasteiger partial charge in [0.25, 0.3) is 0 Å². The molecule has 0 fully saturated rings. The second kappa shape index (κ2) is 16.2. The minimum atomic E-state index is 1.11. The highest BCUT2D eigenvalue weighted by atomic mass is 15.1. The lowest BCUT2D eigenvalue weighted by Gasteiger charge is -2.27. The van der Waals surface area contributed by atoms with E-state index in [0.717, 1.165) is 45.3 Å². The largest absolute Gasteiger partial charge is 0.310 e. The molecule has 8 aromatic carbocycles. The lowest BCUT2D eigenvalue weighted by atomic mass is 10.0. The molecular weight excluding hydrogens is 677 g/mol. The fraction of sp³-hybridized carbons (Fsp3) is 0.0741. The van der Waals surface area contributed by atoms with Gasteiger partial charge < -0.3 is 9.80 Å². The van der Waals surface area contributed by atoms with Gasteiger partial charge in [-0.25, -0.2) is 0 Å². The van der Waals surface area contributed by atoms with Crippen LogP contribution in [-0.2, 0) is 0 Å². The Kier molecular flexibility index (Phi) is 10.5. The third-order valence-corrected chi connectivity index (χ3v) is 10.3. The molecule has 56 heavy (non-hydrogen) atoms. The minimum absolute atomic E-state index is 1.11. The topological polar surface area (TPSA) is 6.48 Å². The van der Waals surface area contributed by atoms with Crippen LogP contribution in [0.15, 0.2) is 182 Å². The Morgan fingerprint density at radius 1 is 0.250 bits per heavy atom. The highest BCUT2D eigenvalue weighted by molar-refractivity contribution is 5.93. The maximum atomic E-state index is 2.34. The van der Waals surface area contributed by atoms with Crippen molar-refractivity contribution in [3.05, 3.63) is 226 Å². The zero-order valence-electron chi connectivity index (χ0n) is 32.5. The first kappa shape index (κ1) is 36.1. The molecule has 0 N–H and O–H groups in total. The minimum Gasteiger partial charge on any atom is -0.310 e. The molecule has 0 amide bonds. The van der Waals surface area contributed by atoms with E-state index in [1.54, 1.807) is 0 Å². The molecule has 0 saturated carbocycles. The lowest BCUT2D eigenvalue weighted by Crippen LogP contribution is -2.10. The van der Waals surface area contributed by atoms with E-state index < -0.39 is 0 Å². The van der Waals surface area contributed by atoms with Crippen molar-refractivity contribution in [3.63, 3.8) is 0 Å². The number of hydrogen-bond acceptors (Lipinski definition) is 2. The average molecular weight is 723 g/mol. The van der Waals surface area contributed by atoms with Crippen LogP contribution in [-0.4, -0.2) is 0 Å². The summed E-state index contributed by atoms with van der Waals surface area (Å²) in [5.41, 5.74) is 16.4. The van der Waals surface area contributed by atoms with Gasteiger partial charge in [0.15, 0.2) is 0 Å². The Bertz CT molecular complexity index is 2420. The molecular formula is C54H46N2. The predicted octanol–water partition coefficient (Wildman–Crippen LogP) is 15.4. The summed E-state index contributed by atoms with van der Waals surface area (Å²) in [6.45, 7) is 8.50. The first-order valence-electron chi connectivity index (χ1n) is 19.3. The van der Waals surface area contributed by atoms with Gasteiger partial charge in [-0.3, -0.25) is 0 Å². The van der Waals surface area contributed by atoms with Gasteiger partial charge in [0.1, 0.15) is 0 Å². The third-order valence-electron chi connectivity index (χ3n) is 10.3. The fourth-order valence-corrected chi connectivity index (χ4v) is 6.99.